The molecule has 1 unspecified atom stereocenters. The summed E-state index contributed by atoms with van der Waals surface area (Å²) in [5.74, 6) is 1.30. The van der Waals surface area contributed by atoms with Gasteiger partial charge in [-0.2, -0.15) is 0 Å². The third-order valence-electron chi connectivity index (χ3n) is 6.53. The molecule has 1 aromatic carbocycles. The first-order valence-corrected chi connectivity index (χ1v) is 11.4. The van der Waals surface area contributed by atoms with Crippen LogP contribution in [-0.2, 0) is 12.8 Å². The molecular formula is C25H29N3O3. The number of likely N-dealkylation sites (tertiary alicyclic amines) is 1. The number of nitrogens with zero attached hydrogens (tertiary/aromatic N) is 2. The van der Waals surface area contributed by atoms with Gasteiger partial charge in [-0.05, 0) is 80.9 Å². The van der Waals surface area contributed by atoms with Crippen LogP contribution in [0.5, 0.6) is 0 Å². The van der Waals surface area contributed by atoms with E-state index in [2.05, 4.69) is 33.6 Å². The van der Waals surface area contributed by atoms with E-state index in [9.17, 15) is 4.79 Å². The SMILES string of the molecule is O=C(NCC(c1ccco1)N1CCCCC1)c1cc(-c2ccc3c(c2)CCCC3)on1. The van der Waals surface area contributed by atoms with Crippen molar-refractivity contribution in [1.82, 2.24) is 15.4 Å². The van der Waals surface area contributed by atoms with Gasteiger partial charge in [0.2, 0.25) is 0 Å². The number of carbonyl (C=O) groups excluding carboxylic acids is 1. The van der Waals surface area contributed by atoms with Gasteiger partial charge in [-0.15, -0.1) is 0 Å². The van der Waals surface area contributed by atoms with Gasteiger partial charge in [-0.3, -0.25) is 9.69 Å². The molecule has 5 rings (SSSR count). The molecule has 0 saturated carbocycles. The Balaban J connectivity index is 1.27. The zero-order chi connectivity index (χ0) is 21.0. The summed E-state index contributed by atoms with van der Waals surface area (Å²) in [7, 11) is 0. The minimum absolute atomic E-state index is 0.0336. The second-order valence-corrected chi connectivity index (χ2v) is 8.60. The number of hydrogen-bond donors (Lipinski definition) is 1. The van der Waals surface area contributed by atoms with Crippen molar-refractivity contribution in [1.29, 1.82) is 0 Å². The highest BCUT2D eigenvalue weighted by Gasteiger charge is 2.25. The normalized spacial score (nSPS) is 17.8. The standard InChI is InChI=1S/C25H29N3O3/c29-25(26-17-22(23-9-6-14-30-23)28-12-4-1-5-13-28)21-16-24(31-27-21)20-11-10-18-7-2-3-8-19(18)15-20/h6,9-11,14-16,22H,1-5,7-8,12-13,17H2,(H,26,29). The van der Waals surface area contributed by atoms with Crippen molar-refractivity contribution in [3.63, 3.8) is 0 Å². The van der Waals surface area contributed by atoms with E-state index in [0.29, 0.717) is 18.0 Å². The van der Waals surface area contributed by atoms with E-state index < -0.39 is 0 Å². The van der Waals surface area contributed by atoms with Gasteiger partial charge in [0.15, 0.2) is 11.5 Å². The minimum Gasteiger partial charge on any atom is -0.468 e. The van der Waals surface area contributed by atoms with Crippen LogP contribution in [-0.4, -0.2) is 35.6 Å². The van der Waals surface area contributed by atoms with Crippen molar-refractivity contribution in [3.8, 4) is 11.3 Å². The second-order valence-electron chi connectivity index (χ2n) is 8.60. The summed E-state index contributed by atoms with van der Waals surface area (Å²) in [6.45, 7) is 2.52. The number of nitrogens with one attached hydrogen (secondary N) is 1. The molecule has 162 valence electrons. The fourth-order valence-corrected chi connectivity index (χ4v) is 4.81. The molecule has 1 aliphatic carbocycles. The third kappa shape index (κ3) is 4.44. The highest BCUT2D eigenvalue weighted by Crippen LogP contribution is 2.28. The second kappa shape index (κ2) is 9.10. The van der Waals surface area contributed by atoms with Gasteiger partial charge in [0.25, 0.3) is 5.91 Å². The van der Waals surface area contributed by atoms with Crippen molar-refractivity contribution >= 4 is 5.91 Å². The van der Waals surface area contributed by atoms with Crippen LogP contribution >= 0.6 is 0 Å². The maximum absolute atomic E-state index is 12.8. The maximum atomic E-state index is 12.8. The summed E-state index contributed by atoms with van der Waals surface area (Å²) in [6, 6.07) is 12.1. The van der Waals surface area contributed by atoms with Crippen LogP contribution in [0.25, 0.3) is 11.3 Å². The quantitative estimate of drug-likeness (QED) is 0.623. The van der Waals surface area contributed by atoms with Crippen LogP contribution in [0.15, 0.2) is 51.6 Å². The monoisotopic (exact) mass is 419 g/mol. The predicted molar refractivity (Wildman–Crippen MR) is 118 cm³/mol. The van der Waals surface area contributed by atoms with E-state index >= 15 is 0 Å². The van der Waals surface area contributed by atoms with Gasteiger partial charge < -0.3 is 14.3 Å². The minimum atomic E-state index is -0.221. The Hall–Kier alpha value is -2.86. The van der Waals surface area contributed by atoms with E-state index in [-0.39, 0.29) is 11.9 Å². The van der Waals surface area contributed by atoms with E-state index in [1.165, 1.54) is 43.2 Å². The molecule has 2 aliphatic rings. The van der Waals surface area contributed by atoms with Gasteiger partial charge in [0.1, 0.15) is 5.76 Å². The first-order chi connectivity index (χ1) is 15.3. The van der Waals surface area contributed by atoms with Crippen LogP contribution in [0.1, 0.15) is 65.5 Å². The molecule has 1 atom stereocenters. The topological polar surface area (TPSA) is 71.5 Å². The smallest absolute Gasteiger partial charge is 0.273 e. The average Bonchev–Trinajstić information content (AvgIpc) is 3.52. The van der Waals surface area contributed by atoms with Crippen LogP contribution in [0.4, 0.5) is 0 Å². The number of furan rings is 1. The molecule has 0 radical (unpaired) electrons. The number of aromatic nitrogens is 1. The molecule has 0 bridgehead atoms. The lowest BCUT2D eigenvalue weighted by Gasteiger charge is -2.33. The average molecular weight is 420 g/mol. The molecule has 31 heavy (non-hydrogen) atoms. The van der Waals surface area contributed by atoms with Gasteiger partial charge >= 0.3 is 0 Å². The van der Waals surface area contributed by atoms with E-state index in [4.69, 9.17) is 8.94 Å². The number of hydrogen-bond acceptors (Lipinski definition) is 5. The highest BCUT2D eigenvalue weighted by molar-refractivity contribution is 5.93. The molecule has 1 amide bonds. The zero-order valence-electron chi connectivity index (χ0n) is 17.8. The molecule has 2 aromatic heterocycles. The summed E-state index contributed by atoms with van der Waals surface area (Å²) in [5, 5.41) is 7.07. The van der Waals surface area contributed by atoms with Gasteiger partial charge in [0, 0.05) is 18.2 Å². The number of rotatable bonds is 6. The summed E-state index contributed by atoms with van der Waals surface area (Å²) < 4.78 is 11.2. The third-order valence-corrected chi connectivity index (χ3v) is 6.53. The van der Waals surface area contributed by atoms with Crippen molar-refractivity contribution in [2.24, 2.45) is 0 Å². The fraction of sp³-hybridized carbons (Fsp3) is 0.440. The molecule has 6 heteroatoms. The number of piperidine rings is 1. The van der Waals surface area contributed by atoms with Crippen LogP contribution in [0.3, 0.4) is 0 Å². The van der Waals surface area contributed by atoms with Crippen molar-refractivity contribution in [3.05, 3.63) is 65.2 Å². The molecule has 1 N–H and O–H groups in total. The fourth-order valence-electron chi connectivity index (χ4n) is 4.81. The number of carbonyl (C=O) groups is 1. The van der Waals surface area contributed by atoms with E-state index in [0.717, 1.165) is 37.3 Å². The van der Waals surface area contributed by atoms with Gasteiger partial charge in [-0.25, -0.2) is 0 Å². The number of benzene rings is 1. The van der Waals surface area contributed by atoms with Crippen LogP contribution in [0, 0.1) is 0 Å². The first kappa shape index (κ1) is 20.1. The predicted octanol–water partition coefficient (Wildman–Crippen LogP) is 4.77. The largest absolute Gasteiger partial charge is 0.468 e. The molecule has 1 saturated heterocycles. The Morgan fingerprint density at radius 3 is 2.68 bits per heavy atom. The number of fused-ring (bicyclic) bond motifs is 1. The Morgan fingerprint density at radius 2 is 1.87 bits per heavy atom. The Kier molecular flexibility index (Phi) is 5.89. The van der Waals surface area contributed by atoms with Crippen LogP contribution in [0.2, 0.25) is 0 Å². The Bertz CT molecular complexity index is 1020. The van der Waals surface area contributed by atoms with Crippen molar-refractivity contribution < 1.29 is 13.7 Å². The number of amides is 1. The molecule has 1 aliphatic heterocycles. The van der Waals surface area contributed by atoms with E-state index in [1.54, 1.807) is 12.3 Å². The zero-order valence-corrected chi connectivity index (χ0v) is 17.8. The van der Waals surface area contributed by atoms with Gasteiger partial charge in [0.05, 0.1) is 12.3 Å². The summed E-state index contributed by atoms with van der Waals surface area (Å²) in [5.41, 5.74) is 4.10. The Labute approximate surface area is 182 Å². The highest BCUT2D eigenvalue weighted by atomic mass is 16.5. The summed E-state index contributed by atoms with van der Waals surface area (Å²) in [6.07, 6.45) is 10.1. The molecule has 3 heterocycles. The summed E-state index contributed by atoms with van der Waals surface area (Å²) in [4.78, 5) is 15.2. The molecule has 3 aromatic rings. The lowest BCUT2D eigenvalue weighted by Crippen LogP contribution is -2.40. The molecular weight excluding hydrogens is 390 g/mol. The number of aryl methyl sites for hydroxylation is 2. The maximum Gasteiger partial charge on any atom is 0.273 e. The summed E-state index contributed by atoms with van der Waals surface area (Å²) >= 11 is 0. The van der Waals surface area contributed by atoms with E-state index in [1.807, 2.05) is 12.1 Å². The van der Waals surface area contributed by atoms with Crippen molar-refractivity contribution in [2.45, 2.75) is 51.0 Å². The lowest BCUT2D eigenvalue weighted by atomic mass is 9.90. The lowest BCUT2D eigenvalue weighted by molar-refractivity contribution is 0.0905. The molecule has 1 fully saturated rings. The molecule has 6 nitrogen and oxygen atoms in total. The van der Waals surface area contributed by atoms with Crippen molar-refractivity contribution in [2.75, 3.05) is 19.6 Å². The first-order valence-electron chi connectivity index (χ1n) is 11.4. The Morgan fingerprint density at radius 1 is 1.03 bits per heavy atom. The molecule has 0 spiro atoms. The van der Waals surface area contributed by atoms with Gasteiger partial charge in [-0.1, -0.05) is 23.7 Å². The van der Waals surface area contributed by atoms with Crippen LogP contribution < -0.4 is 5.32 Å².